The van der Waals surface area contributed by atoms with Gasteiger partial charge in [0.2, 0.25) is 0 Å². The Morgan fingerprint density at radius 1 is 1.08 bits per heavy atom. The first-order chi connectivity index (χ1) is 12.1. The van der Waals surface area contributed by atoms with Gasteiger partial charge in [-0.15, -0.1) is 0 Å². The normalized spacial score (nSPS) is 14.4. The molecular weight excluding hydrogens is 316 g/mol. The van der Waals surface area contributed by atoms with Crippen LogP contribution in [0.1, 0.15) is 11.1 Å². The van der Waals surface area contributed by atoms with E-state index < -0.39 is 6.09 Å². The second-order valence-electron chi connectivity index (χ2n) is 6.21. The zero-order chi connectivity index (χ0) is 17.8. The van der Waals surface area contributed by atoms with E-state index in [0.717, 1.165) is 31.9 Å². The molecule has 6 heteroatoms. The van der Waals surface area contributed by atoms with Crippen molar-refractivity contribution < 1.29 is 9.53 Å². The number of methoxy groups -OCH3 is 1. The van der Waals surface area contributed by atoms with Crippen molar-refractivity contribution in [3.05, 3.63) is 47.7 Å². The van der Waals surface area contributed by atoms with Gasteiger partial charge < -0.3 is 14.5 Å². The number of aromatic nitrogens is 1. The number of nitrogens with zero attached hydrogens (tertiary/aromatic N) is 3. The number of ether oxygens (including phenoxy) is 1. The standard InChI is InChI=1S/C19H24N4O2/c1-14-5-4-6-17(15(14)2)23-11-9-22(10-12-23)16-7-8-18(20-13-16)21-19(24)25-3/h4-8,13H,9-12H2,1-3H3,(H,20,21,24). The van der Waals surface area contributed by atoms with Crippen molar-refractivity contribution in [2.45, 2.75) is 13.8 Å². The van der Waals surface area contributed by atoms with Crippen molar-refractivity contribution >= 4 is 23.3 Å². The molecule has 0 unspecified atom stereocenters. The molecule has 0 saturated carbocycles. The zero-order valence-electron chi connectivity index (χ0n) is 15.0. The molecule has 1 aliphatic heterocycles. The van der Waals surface area contributed by atoms with Crippen LogP contribution >= 0.6 is 0 Å². The summed E-state index contributed by atoms with van der Waals surface area (Å²) in [6.07, 6.45) is 1.28. The largest absolute Gasteiger partial charge is 0.453 e. The summed E-state index contributed by atoms with van der Waals surface area (Å²) in [5.41, 5.74) is 5.08. The van der Waals surface area contributed by atoms with Gasteiger partial charge in [0, 0.05) is 31.9 Å². The lowest BCUT2D eigenvalue weighted by molar-refractivity contribution is 0.187. The van der Waals surface area contributed by atoms with Crippen LogP contribution in [0.2, 0.25) is 0 Å². The Kier molecular flexibility index (Phi) is 5.07. The maximum atomic E-state index is 11.2. The maximum absolute atomic E-state index is 11.2. The summed E-state index contributed by atoms with van der Waals surface area (Å²) in [5, 5.41) is 2.56. The second-order valence-corrected chi connectivity index (χ2v) is 6.21. The summed E-state index contributed by atoms with van der Waals surface area (Å²) < 4.78 is 4.57. The van der Waals surface area contributed by atoms with Gasteiger partial charge in [-0.05, 0) is 43.2 Å². The molecule has 0 aliphatic carbocycles. The minimum Gasteiger partial charge on any atom is -0.453 e. The van der Waals surface area contributed by atoms with Gasteiger partial charge in [-0.3, -0.25) is 5.32 Å². The Morgan fingerprint density at radius 3 is 2.44 bits per heavy atom. The van der Waals surface area contributed by atoms with Gasteiger partial charge in [-0.1, -0.05) is 12.1 Å². The predicted octanol–water partition coefficient (Wildman–Crippen LogP) is 3.20. The molecule has 3 rings (SSSR count). The van der Waals surface area contributed by atoms with Gasteiger partial charge in [0.1, 0.15) is 5.82 Å². The third-order valence-electron chi connectivity index (χ3n) is 4.72. The fourth-order valence-corrected chi connectivity index (χ4v) is 3.09. The van der Waals surface area contributed by atoms with Crippen LogP contribution in [0.4, 0.5) is 22.0 Å². The summed E-state index contributed by atoms with van der Waals surface area (Å²) >= 11 is 0. The van der Waals surface area contributed by atoms with Gasteiger partial charge in [0.05, 0.1) is 19.0 Å². The molecule has 1 saturated heterocycles. The SMILES string of the molecule is COC(=O)Nc1ccc(N2CCN(c3cccc(C)c3C)CC2)cn1. The molecule has 6 nitrogen and oxygen atoms in total. The smallest absolute Gasteiger partial charge is 0.412 e. The third kappa shape index (κ3) is 3.84. The van der Waals surface area contributed by atoms with Crippen LogP contribution in [0.5, 0.6) is 0 Å². The summed E-state index contributed by atoms with van der Waals surface area (Å²) in [7, 11) is 1.33. The lowest BCUT2D eigenvalue weighted by Gasteiger charge is -2.38. The molecule has 1 amide bonds. The molecule has 2 aromatic rings. The number of nitrogens with one attached hydrogen (secondary N) is 1. The number of hydrogen-bond acceptors (Lipinski definition) is 5. The Labute approximate surface area is 148 Å². The van der Waals surface area contributed by atoms with Gasteiger partial charge >= 0.3 is 6.09 Å². The molecule has 25 heavy (non-hydrogen) atoms. The molecule has 2 heterocycles. The number of amides is 1. The van der Waals surface area contributed by atoms with Gasteiger partial charge in [0.25, 0.3) is 0 Å². The van der Waals surface area contributed by atoms with E-state index in [1.807, 2.05) is 6.07 Å². The number of aryl methyl sites for hydroxylation is 1. The van der Waals surface area contributed by atoms with Crippen molar-refractivity contribution in [2.24, 2.45) is 0 Å². The quantitative estimate of drug-likeness (QED) is 0.930. The van der Waals surface area contributed by atoms with Crippen LogP contribution in [-0.4, -0.2) is 44.4 Å². The predicted molar refractivity (Wildman–Crippen MR) is 101 cm³/mol. The highest BCUT2D eigenvalue weighted by Crippen LogP contribution is 2.25. The van der Waals surface area contributed by atoms with Crippen LogP contribution in [0, 0.1) is 13.8 Å². The Hall–Kier alpha value is -2.76. The Balaban J connectivity index is 1.62. The van der Waals surface area contributed by atoms with Gasteiger partial charge in [-0.25, -0.2) is 9.78 Å². The van der Waals surface area contributed by atoms with Crippen molar-refractivity contribution in [1.29, 1.82) is 0 Å². The molecule has 0 radical (unpaired) electrons. The van der Waals surface area contributed by atoms with E-state index in [-0.39, 0.29) is 0 Å². The summed E-state index contributed by atoms with van der Waals surface area (Å²) in [6.45, 7) is 8.19. The first kappa shape index (κ1) is 17.1. The highest BCUT2D eigenvalue weighted by atomic mass is 16.5. The number of pyridine rings is 1. The van der Waals surface area contributed by atoms with E-state index in [9.17, 15) is 4.79 Å². The molecule has 0 spiro atoms. The molecule has 0 bridgehead atoms. The number of anilines is 3. The Bertz CT molecular complexity index is 738. The molecule has 0 atom stereocenters. The molecular formula is C19H24N4O2. The molecule has 1 aliphatic rings. The number of carbonyl (C=O) groups excluding carboxylic acids is 1. The lowest BCUT2D eigenvalue weighted by atomic mass is 10.1. The van der Waals surface area contributed by atoms with E-state index in [2.05, 4.69) is 56.9 Å². The summed E-state index contributed by atoms with van der Waals surface area (Å²) in [4.78, 5) is 20.2. The van der Waals surface area contributed by atoms with E-state index in [1.165, 1.54) is 23.9 Å². The molecule has 1 aromatic heterocycles. The first-order valence-electron chi connectivity index (χ1n) is 8.45. The zero-order valence-corrected chi connectivity index (χ0v) is 15.0. The first-order valence-corrected chi connectivity index (χ1v) is 8.45. The van der Waals surface area contributed by atoms with Crippen LogP contribution in [0.15, 0.2) is 36.5 Å². The number of rotatable bonds is 3. The van der Waals surface area contributed by atoms with E-state index in [0.29, 0.717) is 5.82 Å². The van der Waals surface area contributed by atoms with Gasteiger partial charge in [-0.2, -0.15) is 0 Å². The van der Waals surface area contributed by atoms with Crippen molar-refractivity contribution in [2.75, 3.05) is 48.4 Å². The topological polar surface area (TPSA) is 57.7 Å². The van der Waals surface area contributed by atoms with Crippen molar-refractivity contribution in [1.82, 2.24) is 4.98 Å². The van der Waals surface area contributed by atoms with Crippen molar-refractivity contribution in [3.63, 3.8) is 0 Å². The number of hydrogen-bond donors (Lipinski definition) is 1. The van der Waals surface area contributed by atoms with Gasteiger partial charge in [0.15, 0.2) is 0 Å². The average molecular weight is 340 g/mol. The number of piperazine rings is 1. The highest BCUT2D eigenvalue weighted by Gasteiger charge is 2.19. The minimum absolute atomic E-state index is 0.490. The summed E-state index contributed by atoms with van der Waals surface area (Å²) in [5.74, 6) is 0.490. The van der Waals surface area contributed by atoms with Crippen molar-refractivity contribution in [3.8, 4) is 0 Å². The number of carbonyl (C=O) groups is 1. The second kappa shape index (κ2) is 7.42. The van der Waals surface area contributed by atoms with Crippen LogP contribution in [0.25, 0.3) is 0 Å². The summed E-state index contributed by atoms with van der Waals surface area (Å²) in [6, 6.07) is 10.3. The fraction of sp³-hybridized carbons (Fsp3) is 0.368. The highest BCUT2D eigenvalue weighted by molar-refractivity contribution is 5.83. The molecule has 132 valence electrons. The van der Waals surface area contributed by atoms with E-state index >= 15 is 0 Å². The van der Waals surface area contributed by atoms with E-state index in [1.54, 1.807) is 12.3 Å². The van der Waals surface area contributed by atoms with Crippen LogP contribution in [0.3, 0.4) is 0 Å². The van der Waals surface area contributed by atoms with E-state index in [4.69, 9.17) is 0 Å². The molecule has 1 N–H and O–H groups in total. The maximum Gasteiger partial charge on any atom is 0.412 e. The monoisotopic (exact) mass is 340 g/mol. The molecule has 1 aromatic carbocycles. The minimum atomic E-state index is -0.512. The number of benzene rings is 1. The molecule has 1 fully saturated rings. The fourth-order valence-electron chi connectivity index (χ4n) is 3.09. The van der Waals surface area contributed by atoms with Crippen LogP contribution in [-0.2, 0) is 4.74 Å². The van der Waals surface area contributed by atoms with Crippen LogP contribution < -0.4 is 15.1 Å². The third-order valence-corrected chi connectivity index (χ3v) is 4.72. The lowest BCUT2D eigenvalue weighted by Crippen LogP contribution is -2.46. The average Bonchev–Trinajstić information content (AvgIpc) is 2.65. The Morgan fingerprint density at radius 2 is 1.80 bits per heavy atom.